The van der Waals surface area contributed by atoms with Crippen LogP contribution in [-0.4, -0.2) is 114 Å². The molecule has 1 unspecified atom stereocenters. The summed E-state index contributed by atoms with van der Waals surface area (Å²) in [4.78, 5) is 19.4. The number of carboxylic acid groups (broad SMARTS) is 2. The second-order valence-corrected chi connectivity index (χ2v) is 1.45. The van der Waals surface area contributed by atoms with Crippen molar-refractivity contribution < 1.29 is 42.0 Å². The first-order valence-corrected chi connectivity index (χ1v) is 2.16. The van der Waals surface area contributed by atoms with Gasteiger partial charge in [-0.3, -0.25) is 4.79 Å². The first-order valence-electron chi connectivity index (χ1n) is 2.16. The second kappa shape index (κ2) is 13.1. The van der Waals surface area contributed by atoms with Gasteiger partial charge in [-0.05, 0) is 0 Å². The van der Waals surface area contributed by atoms with Crippen LogP contribution >= 0.6 is 0 Å². The van der Waals surface area contributed by atoms with Crippen molar-refractivity contribution in [2.24, 2.45) is 0 Å². The predicted molar refractivity (Wildman–Crippen MR) is 40.2 cm³/mol. The average Bonchev–Trinajstić information content (AvgIpc) is 1.63. The van der Waals surface area contributed by atoms with E-state index in [2.05, 4.69) is 0 Å². The van der Waals surface area contributed by atoms with Gasteiger partial charge >= 0.3 is 92.9 Å². The Hall–Kier alpha value is 2.06. The van der Waals surface area contributed by atoms with Crippen LogP contribution in [0.4, 0.5) is 0 Å². The zero-order valence-corrected chi connectivity index (χ0v) is 6.00. The summed E-state index contributed by atoms with van der Waals surface area (Å²) < 4.78 is 0. The molecule has 8 heteroatoms. The number of aliphatic hydroxyl groups is 1. The van der Waals surface area contributed by atoms with E-state index < -0.39 is 24.5 Å². The summed E-state index contributed by atoms with van der Waals surface area (Å²) in [5.74, 6) is -2.85. The van der Waals surface area contributed by atoms with E-state index in [0.29, 0.717) is 0 Å². The van der Waals surface area contributed by atoms with Crippen LogP contribution in [0.1, 0.15) is 6.42 Å². The van der Waals surface area contributed by atoms with Gasteiger partial charge in [-0.25, -0.2) is 4.79 Å². The standard InChI is InChI=1S/C4H6O5.K.Mn.Na.2H/c5-2(4(8)9)1-3(6)7;;;;;/h2,5H,1H2,(H,6,7)(H,8,9);;;;;. The van der Waals surface area contributed by atoms with Crippen molar-refractivity contribution in [2.75, 3.05) is 0 Å². The molecule has 0 saturated heterocycles. The molecule has 63 valence electrons. The van der Waals surface area contributed by atoms with E-state index >= 15 is 0 Å². The molecule has 12 heavy (non-hydrogen) atoms. The molecule has 0 spiro atoms. The number of aliphatic carboxylic acids is 2. The third-order valence-corrected chi connectivity index (χ3v) is 0.653. The van der Waals surface area contributed by atoms with Gasteiger partial charge in [-0.1, -0.05) is 0 Å². The molecule has 0 saturated carbocycles. The van der Waals surface area contributed by atoms with Crippen molar-refractivity contribution >= 4 is 92.9 Å². The van der Waals surface area contributed by atoms with E-state index in [4.69, 9.17) is 15.3 Å². The van der Waals surface area contributed by atoms with Crippen molar-refractivity contribution in [1.82, 2.24) is 0 Å². The van der Waals surface area contributed by atoms with Gasteiger partial charge in [0.15, 0.2) is 6.10 Å². The van der Waals surface area contributed by atoms with Crippen LogP contribution in [0.25, 0.3) is 0 Å². The van der Waals surface area contributed by atoms with Crippen LogP contribution in [-0.2, 0) is 26.7 Å². The number of carboxylic acids is 2. The molecule has 0 amide bonds. The summed E-state index contributed by atoms with van der Waals surface area (Å²) in [7, 11) is 0. The molecule has 0 aromatic heterocycles. The number of rotatable bonds is 3. The van der Waals surface area contributed by atoms with Gasteiger partial charge in [-0.15, -0.1) is 0 Å². The summed E-state index contributed by atoms with van der Waals surface area (Å²) in [5.41, 5.74) is 0. The van der Waals surface area contributed by atoms with Crippen LogP contribution in [0.2, 0.25) is 0 Å². The molecule has 0 aliphatic heterocycles. The molecular weight excluding hydrogens is 245 g/mol. The van der Waals surface area contributed by atoms with E-state index in [1.807, 2.05) is 0 Å². The summed E-state index contributed by atoms with van der Waals surface area (Å²) in [6.45, 7) is 0. The van der Waals surface area contributed by atoms with Crippen LogP contribution in [0.15, 0.2) is 0 Å². The van der Waals surface area contributed by atoms with Gasteiger partial charge in [0.1, 0.15) is 0 Å². The Morgan fingerprint density at radius 1 is 1.25 bits per heavy atom. The van der Waals surface area contributed by atoms with Crippen LogP contribution < -0.4 is 0 Å². The van der Waals surface area contributed by atoms with E-state index in [1.165, 1.54) is 0 Å². The summed E-state index contributed by atoms with van der Waals surface area (Å²) in [6, 6.07) is 0. The Labute approximate surface area is 144 Å². The third kappa shape index (κ3) is 14.6. The average molecular weight is 253 g/mol. The quantitative estimate of drug-likeness (QED) is 0.488. The number of carbonyl (C=O) groups is 2. The van der Waals surface area contributed by atoms with E-state index in [1.54, 1.807) is 0 Å². The van der Waals surface area contributed by atoms with Crippen LogP contribution in [0.5, 0.6) is 0 Å². The van der Waals surface area contributed by atoms with Gasteiger partial charge in [0.05, 0.1) is 6.42 Å². The first-order chi connectivity index (χ1) is 4.04. The molecule has 3 N–H and O–H groups in total. The van der Waals surface area contributed by atoms with Gasteiger partial charge in [0.2, 0.25) is 0 Å². The molecule has 0 heterocycles. The minimum absolute atomic E-state index is 0. The van der Waals surface area contributed by atoms with Crippen molar-refractivity contribution in [1.29, 1.82) is 0 Å². The van der Waals surface area contributed by atoms with Gasteiger partial charge in [0.25, 0.3) is 0 Å². The van der Waals surface area contributed by atoms with E-state index in [0.717, 1.165) is 0 Å². The molecule has 5 nitrogen and oxygen atoms in total. The molecule has 0 aliphatic rings. The van der Waals surface area contributed by atoms with Crippen molar-refractivity contribution in [3.05, 3.63) is 0 Å². The zero-order valence-electron chi connectivity index (χ0n) is 4.82. The second-order valence-electron chi connectivity index (χ2n) is 1.45. The molecule has 0 aromatic rings. The maximum atomic E-state index is 9.72. The Balaban J connectivity index is -0.000000107. The third-order valence-electron chi connectivity index (χ3n) is 0.653. The predicted octanol–water partition coefficient (Wildman–Crippen LogP) is -2.39. The Morgan fingerprint density at radius 2 is 1.58 bits per heavy atom. The molecule has 0 aliphatic carbocycles. The maximum absolute atomic E-state index is 9.72. The fourth-order valence-electron chi connectivity index (χ4n) is 0.253. The first kappa shape index (κ1) is 23.7. The molecule has 1 atom stereocenters. The van der Waals surface area contributed by atoms with Crippen molar-refractivity contribution in [3.63, 3.8) is 0 Å². The monoisotopic (exact) mass is 253 g/mol. The Bertz CT molecular complexity index is 143. The number of aliphatic hydroxyl groups excluding tert-OH is 1. The topological polar surface area (TPSA) is 94.8 Å². The van der Waals surface area contributed by atoms with Crippen LogP contribution in [0, 0.1) is 0 Å². The molecular formula is C4H8KMnNaO5. The normalized spacial score (nSPS) is 9.42. The Morgan fingerprint density at radius 3 is 1.67 bits per heavy atom. The molecule has 0 rings (SSSR count). The molecule has 0 fully saturated rings. The molecule has 0 aromatic carbocycles. The number of hydrogen-bond acceptors (Lipinski definition) is 3. The molecule has 1 radical (unpaired) electrons. The SMILES string of the molecule is O=C(O)CC(O)C(=O)O.[KH].[Mn].[NaH]. The summed E-state index contributed by atoms with van der Waals surface area (Å²) in [5, 5.41) is 24.1. The van der Waals surface area contributed by atoms with Gasteiger partial charge in [0, 0.05) is 17.1 Å². The van der Waals surface area contributed by atoms with Crippen molar-refractivity contribution in [3.8, 4) is 0 Å². The van der Waals surface area contributed by atoms with Crippen molar-refractivity contribution in [2.45, 2.75) is 12.5 Å². The Kier molecular flexibility index (Phi) is 25.8. The summed E-state index contributed by atoms with van der Waals surface area (Å²) in [6.07, 6.45) is -2.54. The fraction of sp³-hybridized carbons (Fsp3) is 0.500. The fourth-order valence-corrected chi connectivity index (χ4v) is 0.253. The van der Waals surface area contributed by atoms with Gasteiger partial charge < -0.3 is 15.3 Å². The van der Waals surface area contributed by atoms with E-state index in [9.17, 15) is 9.59 Å². The number of hydrogen-bond donors (Lipinski definition) is 3. The van der Waals surface area contributed by atoms with Crippen LogP contribution in [0.3, 0.4) is 0 Å². The summed E-state index contributed by atoms with van der Waals surface area (Å²) >= 11 is 0. The van der Waals surface area contributed by atoms with E-state index in [-0.39, 0.29) is 98.0 Å². The zero-order chi connectivity index (χ0) is 7.44. The molecule has 0 bridgehead atoms. The minimum atomic E-state index is -1.79. The van der Waals surface area contributed by atoms with Gasteiger partial charge in [-0.2, -0.15) is 0 Å².